The topological polar surface area (TPSA) is 39.1 Å². The van der Waals surface area contributed by atoms with Crippen molar-refractivity contribution in [3.05, 3.63) is 16.4 Å². The van der Waals surface area contributed by atoms with Crippen molar-refractivity contribution in [2.24, 2.45) is 0 Å². The van der Waals surface area contributed by atoms with Crippen LogP contribution in [0, 0.1) is 0 Å². The summed E-state index contributed by atoms with van der Waals surface area (Å²) in [6.07, 6.45) is 1.96. The molecule has 116 valence electrons. The van der Waals surface area contributed by atoms with Gasteiger partial charge in [-0.05, 0) is 33.7 Å². The average molecular weight is 302 g/mol. The summed E-state index contributed by atoms with van der Waals surface area (Å²) in [4.78, 5) is 0. The molecule has 0 aliphatic rings. The number of hydrogen-bond donors (Lipinski definition) is 1. The summed E-state index contributed by atoms with van der Waals surface area (Å²) in [5.41, 5.74) is 2.10. The molecule has 1 unspecified atom stereocenters. The van der Waals surface area contributed by atoms with Crippen molar-refractivity contribution in [2.45, 2.75) is 66.2 Å². The van der Waals surface area contributed by atoms with Crippen LogP contribution in [0.5, 0.6) is 0 Å². The van der Waals surface area contributed by atoms with Crippen LogP contribution in [0.4, 0.5) is 0 Å². The van der Waals surface area contributed by atoms with E-state index in [9.17, 15) is 0 Å². The van der Waals surface area contributed by atoms with Crippen LogP contribution in [0.3, 0.4) is 0 Å². The van der Waals surface area contributed by atoms with Gasteiger partial charge in [-0.1, -0.05) is 25.4 Å². The second-order valence-electron chi connectivity index (χ2n) is 5.22. The van der Waals surface area contributed by atoms with Crippen molar-refractivity contribution >= 4 is 11.6 Å². The number of rotatable bonds is 9. The molecule has 1 rings (SSSR count). The van der Waals surface area contributed by atoms with Gasteiger partial charge in [-0.25, -0.2) is 0 Å². The molecule has 1 heterocycles. The van der Waals surface area contributed by atoms with Crippen molar-refractivity contribution in [1.29, 1.82) is 0 Å². The zero-order chi connectivity index (χ0) is 15.1. The van der Waals surface area contributed by atoms with Crippen molar-refractivity contribution in [1.82, 2.24) is 15.1 Å². The molecule has 0 aliphatic carbocycles. The van der Waals surface area contributed by atoms with Crippen molar-refractivity contribution < 1.29 is 4.74 Å². The Hall–Kier alpha value is -0.580. The van der Waals surface area contributed by atoms with Gasteiger partial charge in [0, 0.05) is 19.0 Å². The van der Waals surface area contributed by atoms with Crippen LogP contribution in [0.2, 0.25) is 5.02 Å². The highest BCUT2D eigenvalue weighted by Crippen LogP contribution is 2.23. The third kappa shape index (κ3) is 4.76. The van der Waals surface area contributed by atoms with E-state index in [-0.39, 0.29) is 12.1 Å². The van der Waals surface area contributed by atoms with Gasteiger partial charge in [0.05, 0.1) is 29.1 Å². The second-order valence-corrected chi connectivity index (χ2v) is 5.60. The number of aromatic nitrogens is 2. The predicted molar refractivity (Wildman–Crippen MR) is 84.5 cm³/mol. The van der Waals surface area contributed by atoms with Gasteiger partial charge in [0.2, 0.25) is 0 Å². The summed E-state index contributed by atoms with van der Waals surface area (Å²) in [5, 5.41) is 8.86. The third-order valence-corrected chi connectivity index (χ3v) is 3.69. The van der Waals surface area contributed by atoms with E-state index in [1.807, 2.05) is 4.68 Å². The SMILES string of the molecule is CCNC(COC(C)C)Cc1c(Cl)c(CC)nn1CC. The molecule has 5 heteroatoms. The zero-order valence-corrected chi connectivity index (χ0v) is 14.1. The summed E-state index contributed by atoms with van der Waals surface area (Å²) in [6.45, 7) is 12.9. The van der Waals surface area contributed by atoms with Crippen molar-refractivity contribution in [3.63, 3.8) is 0 Å². The fourth-order valence-corrected chi connectivity index (χ4v) is 2.58. The molecule has 0 spiro atoms. The Morgan fingerprint density at radius 3 is 2.50 bits per heavy atom. The lowest BCUT2D eigenvalue weighted by molar-refractivity contribution is 0.0612. The molecule has 1 N–H and O–H groups in total. The lowest BCUT2D eigenvalue weighted by Crippen LogP contribution is -2.36. The Balaban J connectivity index is 2.83. The number of nitrogens with one attached hydrogen (secondary N) is 1. The Morgan fingerprint density at radius 1 is 1.30 bits per heavy atom. The standard InChI is InChI=1S/C15H28ClN3O/c1-6-13-15(16)14(19(8-3)18-13)9-12(17-7-2)10-20-11(4)5/h11-12,17H,6-10H2,1-5H3. The van der Waals surface area contributed by atoms with Gasteiger partial charge in [0.25, 0.3) is 0 Å². The number of ether oxygens (including phenoxy) is 1. The first-order valence-corrected chi connectivity index (χ1v) is 8.00. The molecule has 0 bridgehead atoms. The number of aryl methyl sites for hydroxylation is 2. The third-order valence-electron chi connectivity index (χ3n) is 3.26. The molecule has 0 saturated carbocycles. The highest BCUT2D eigenvalue weighted by atomic mass is 35.5. The molecular formula is C15H28ClN3O. The first-order valence-electron chi connectivity index (χ1n) is 7.62. The predicted octanol–water partition coefficient (Wildman–Crippen LogP) is 3.06. The molecule has 1 aromatic heterocycles. The minimum Gasteiger partial charge on any atom is -0.377 e. The smallest absolute Gasteiger partial charge is 0.0850 e. The van der Waals surface area contributed by atoms with Crippen LogP contribution in [-0.2, 0) is 24.1 Å². The normalized spacial score (nSPS) is 13.2. The highest BCUT2D eigenvalue weighted by molar-refractivity contribution is 6.31. The van der Waals surface area contributed by atoms with Crippen LogP contribution >= 0.6 is 11.6 Å². The molecule has 0 radical (unpaired) electrons. The molecule has 0 saturated heterocycles. The van der Waals surface area contributed by atoms with E-state index in [2.05, 4.69) is 45.0 Å². The van der Waals surface area contributed by atoms with E-state index in [1.165, 1.54) is 0 Å². The summed E-state index contributed by atoms with van der Waals surface area (Å²) in [5.74, 6) is 0. The van der Waals surface area contributed by atoms with E-state index in [0.29, 0.717) is 6.61 Å². The van der Waals surface area contributed by atoms with Gasteiger partial charge in [0.15, 0.2) is 0 Å². The zero-order valence-electron chi connectivity index (χ0n) is 13.4. The Bertz CT molecular complexity index is 404. The minimum atomic E-state index is 0.244. The van der Waals surface area contributed by atoms with E-state index in [1.54, 1.807) is 0 Å². The number of halogens is 1. The van der Waals surface area contributed by atoms with Crippen LogP contribution in [0.1, 0.15) is 46.0 Å². The summed E-state index contributed by atoms with van der Waals surface area (Å²) in [6, 6.07) is 0.270. The quantitative estimate of drug-likeness (QED) is 0.762. The number of nitrogens with zero attached hydrogens (tertiary/aromatic N) is 2. The van der Waals surface area contributed by atoms with Gasteiger partial charge in [-0.2, -0.15) is 5.10 Å². The maximum Gasteiger partial charge on any atom is 0.0850 e. The van der Waals surface area contributed by atoms with Gasteiger partial charge in [-0.3, -0.25) is 4.68 Å². The monoisotopic (exact) mass is 301 g/mol. The van der Waals surface area contributed by atoms with E-state index < -0.39 is 0 Å². The molecule has 1 aromatic rings. The van der Waals surface area contributed by atoms with Gasteiger partial charge in [0.1, 0.15) is 0 Å². The number of hydrogen-bond acceptors (Lipinski definition) is 3. The summed E-state index contributed by atoms with van der Waals surface area (Å²) in [7, 11) is 0. The molecule has 0 amide bonds. The summed E-state index contributed by atoms with van der Waals surface area (Å²) >= 11 is 6.46. The van der Waals surface area contributed by atoms with Crippen LogP contribution in [-0.4, -0.2) is 35.1 Å². The Kier molecular flexibility index (Phi) is 7.56. The largest absolute Gasteiger partial charge is 0.377 e. The van der Waals surface area contributed by atoms with Gasteiger partial charge in [-0.15, -0.1) is 0 Å². The fourth-order valence-electron chi connectivity index (χ4n) is 2.23. The van der Waals surface area contributed by atoms with Gasteiger partial charge >= 0.3 is 0 Å². The number of likely N-dealkylation sites (N-methyl/N-ethyl adjacent to an activating group) is 1. The molecule has 1 atom stereocenters. The fraction of sp³-hybridized carbons (Fsp3) is 0.800. The lowest BCUT2D eigenvalue weighted by Gasteiger charge is -2.20. The highest BCUT2D eigenvalue weighted by Gasteiger charge is 2.19. The first-order chi connectivity index (χ1) is 9.53. The Labute approximate surface area is 127 Å². The lowest BCUT2D eigenvalue weighted by atomic mass is 10.1. The average Bonchev–Trinajstić information content (AvgIpc) is 2.72. The molecule has 20 heavy (non-hydrogen) atoms. The van der Waals surface area contributed by atoms with E-state index in [4.69, 9.17) is 16.3 Å². The first kappa shape index (κ1) is 17.5. The molecule has 4 nitrogen and oxygen atoms in total. The molecule has 0 aromatic carbocycles. The summed E-state index contributed by atoms with van der Waals surface area (Å²) < 4.78 is 7.75. The maximum atomic E-state index is 6.46. The second kappa shape index (κ2) is 8.65. The van der Waals surface area contributed by atoms with Crippen LogP contribution < -0.4 is 5.32 Å². The van der Waals surface area contributed by atoms with Crippen molar-refractivity contribution in [3.8, 4) is 0 Å². The van der Waals surface area contributed by atoms with Crippen LogP contribution in [0.25, 0.3) is 0 Å². The Morgan fingerprint density at radius 2 is 2.00 bits per heavy atom. The maximum absolute atomic E-state index is 6.46. The molecule has 0 aliphatic heterocycles. The molecule has 0 fully saturated rings. The van der Waals surface area contributed by atoms with Crippen molar-refractivity contribution in [2.75, 3.05) is 13.2 Å². The van der Waals surface area contributed by atoms with E-state index in [0.717, 1.165) is 42.3 Å². The van der Waals surface area contributed by atoms with Crippen LogP contribution in [0.15, 0.2) is 0 Å². The van der Waals surface area contributed by atoms with Gasteiger partial charge < -0.3 is 10.1 Å². The van der Waals surface area contributed by atoms with E-state index >= 15 is 0 Å². The molecular weight excluding hydrogens is 274 g/mol. The minimum absolute atomic E-state index is 0.244.